The maximum Gasteiger partial charge on any atom is 0.214 e. The normalized spacial score (nSPS) is 20.1. The molecule has 2 aromatic carbocycles. The molecule has 1 aromatic heterocycles. The topological polar surface area (TPSA) is 61.7 Å². The van der Waals surface area contributed by atoms with Crippen LogP contribution < -0.4 is 14.5 Å². The summed E-state index contributed by atoms with van der Waals surface area (Å²) in [5.74, 6) is 1.82. The van der Waals surface area contributed by atoms with E-state index in [1.165, 1.54) is 30.1 Å². The van der Waals surface area contributed by atoms with Crippen molar-refractivity contribution >= 4 is 0 Å². The number of nitrogens with zero attached hydrogens (tertiary/aromatic N) is 4. The van der Waals surface area contributed by atoms with Gasteiger partial charge in [-0.05, 0) is 41.5 Å². The minimum absolute atomic E-state index is 0.0605. The molecule has 1 fully saturated rings. The van der Waals surface area contributed by atoms with Crippen LogP contribution in [0, 0.1) is 0 Å². The summed E-state index contributed by atoms with van der Waals surface area (Å²) < 4.78 is 7.71. The maximum atomic E-state index is 5.73. The summed E-state index contributed by atoms with van der Waals surface area (Å²) in [6.07, 6.45) is 0.903. The Morgan fingerprint density at radius 1 is 1.00 bits per heavy atom. The highest BCUT2D eigenvalue weighted by molar-refractivity contribution is 5.37. The highest BCUT2D eigenvalue weighted by Gasteiger charge is 2.36. The largest absolute Gasteiger partial charge is 0.496 e. The number of rotatable bonds is 8. The van der Waals surface area contributed by atoms with E-state index in [0.29, 0.717) is 0 Å². The number of aromatic nitrogens is 4. The minimum Gasteiger partial charge on any atom is -0.496 e. The first kappa shape index (κ1) is 20.5. The van der Waals surface area contributed by atoms with E-state index in [9.17, 15) is 0 Å². The molecule has 7 nitrogen and oxygen atoms in total. The van der Waals surface area contributed by atoms with Crippen LogP contribution in [-0.4, -0.2) is 60.0 Å². The number of quaternary nitrogens is 2. The van der Waals surface area contributed by atoms with Gasteiger partial charge < -0.3 is 14.5 Å². The second-order valence-electron chi connectivity index (χ2n) is 7.93. The molecular weight excluding hydrogens is 376 g/mol. The molecule has 0 saturated carbocycles. The zero-order valence-electron chi connectivity index (χ0n) is 17.9. The minimum atomic E-state index is 0.0605. The summed E-state index contributed by atoms with van der Waals surface area (Å²) in [5, 5.41) is 12.9. The van der Waals surface area contributed by atoms with E-state index in [1.807, 2.05) is 22.9 Å². The van der Waals surface area contributed by atoms with Gasteiger partial charge in [0.15, 0.2) is 6.04 Å². The summed E-state index contributed by atoms with van der Waals surface area (Å²) in [6, 6.07) is 18.9. The molecule has 1 aliphatic heterocycles. The highest BCUT2D eigenvalue weighted by atomic mass is 16.5. The molecular formula is C23H32N6O+2. The van der Waals surface area contributed by atoms with Crippen molar-refractivity contribution in [2.45, 2.75) is 25.9 Å². The van der Waals surface area contributed by atoms with Crippen molar-refractivity contribution in [1.82, 2.24) is 20.2 Å². The Morgan fingerprint density at radius 2 is 1.73 bits per heavy atom. The molecule has 4 rings (SSSR count). The average Bonchev–Trinajstić information content (AvgIpc) is 3.27. The van der Waals surface area contributed by atoms with Crippen LogP contribution in [0.3, 0.4) is 0 Å². The molecule has 2 N–H and O–H groups in total. The van der Waals surface area contributed by atoms with Gasteiger partial charge in [0.05, 0.1) is 19.2 Å². The van der Waals surface area contributed by atoms with Crippen molar-refractivity contribution in [2.75, 3.05) is 39.8 Å². The Bertz CT molecular complexity index is 920. The summed E-state index contributed by atoms with van der Waals surface area (Å²) >= 11 is 0. The van der Waals surface area contributed by atoms with Gasteiger partial charge in [-0.2, -0.15) is 0 Å². The van der Waals surface area contributed by atoms with Gasteiger partial charge in [0.2, 0.25) is 5.82 Å². The summed E-state index contributed by atoms with van der Waals surface area (Å²) in [6.45, 7) is 8.74. The van der Waals surface area contributed by atoms with E-state index < -0.39 is 0 Å². The van der Waals surface area contributed by atoms with E-state index in [1.54, 1.807) is 12.0 Å². The SMILES string of the molecule is CC[NH+]1CC[NH+]([C@@H](c2ccccc2OC)c2nnnn2CCc2ccccc2)CC1. The van der Waals surface area contributed by atoms with Gasteiger partial charge in [-0.15, -0.1) is 5.10 Å². The number of ether oxygens (including phenoxy) is 1. The summed E-state index contributed by atoms with van der Waals surface area (Å²) in [5.41, 5.74) is 2.45. The molecule has 0 unspecified atom stereocenters. The van der Waals surface area contributed by atoms with Crippen LogP contribution in [0.15, 0.2) is 54.6 Å². The average molecular weight is 409 g/mol. The number of likely N-dealkylation sites (N-methyl/N-ethyl adjacent to an activating group) is 1. The Hall–Kier alpha value is -2.77. The third kappa shape index (κ3) is 4.52. The number of benzene rings is 2. The first-order valence-electron chi connectivity index (χ1n) is 10.9. The fourth-order valence-electron chi connectivity index (χ4n) is 4.47. The van der Waals surface area contributed by atoms with Crippen molar-refractivity contribution in [3.05, 3.63) is 71.5 Å². The lowest BCUT2D eigenvalue weighted by Crippen LogP contribution is -3.28. The Morgan fingerprint density at radius 3 is 2.47 bits per heavy atom. The fourth-order valence-corrected chi connectivity index (χ4v) is 4.47. The maximum absolute atomic E-state index is 5.73. The van der Waals surface area contributed by atoms with Crippen molar-refractivity contribution in [3.63, 3.8) is 0 Å². The molecule has 0 amide bonds. The van der Waals surface area contributed by atoms with Gasteiger partial charge in [-0.3, -0.25) is 0 Å². The highest BCUT2D eigenvalue weighted by Crippen LogP contribution is 2.27. The molecule has 1 saturated heterocycles. The second-order valence-corrected chi connectivity index (χ2v) is 7.93. The smallest absolute Gasteiger partial charge is 0.214 e. The van der Waals surface area contributed by atoms with E-state index in [4.69, 9.17) is 4.74 Å². The predicted molar refractivity (Wildman–Crippen MR) is 115 cm³/mol. The van der Waals surface area contributed by atoms with Crippen molar-refractivity contribution in [2.24, 2.45) is 0 Å². The standard InChI is InChI=1S/C23H30N6O/c1-3-27-15-17-28(18-16-27)22(20-11-7-8-12-21(20)30-2)23-24-25-26-29(23)14-13-19-9-5-4-6-10-19/h4-12,22H,3,13-18H2,1-2H3/p+2/t22-/m0/s1. The van der Waals surface area contributed by atoms with E-state index in [-0.39, 0.29) is 6.04 Å². The molecule has 1 atom stereocenters. The summed E-state index contributed by atoms with van der Waals surface area (Å²) in [7, 11) is 1.74. The number of nitrogens with one attached hydrogen (secondary N) is 2. The Labute approximate surface area is 178 Å². The van der Waals surface area contributed by atoms with Gasteiger partial charge in [0.1, 0.15) is 31.9 Å². The van der Waals surface area contributed by atoms with Gasteiger partial charge in [-0.25, -0.2) is 4.68 Å². The third-order valence-electron chi connectivity index (χ3n) is 6.23. The molecule has 1 aliphatic rings. The van der Waals surface area contributed by atoms with Crippen molar-refractivity contribution in [3.8, 4) is 5.75 Å². The summed E-state index contributed by atoms with van der Waals surface area (Å²) in [4.78, 5) is 3.17. The first-order valence-corrected chi connectivity index (χ1v) is 10.9. The molecule has 0 radical (unpaired) electrons. The van der Waals surface area contributed by atoms with Gasteiger partial charge in [0, 0.05) is 6.54 Å². The lowest BCUT2D eigenvalue weighted by molar-refractivity contribution is -1.02. The molecule has 0 spiro atoms. The van der Waals surface area contributed by atoms with Crippen molar-refractivity contribution in [1.29, 1.82) is 0 Å². The third-order valence-corrected chi connectivity index (χ3v) is 6.23. The second kappa shape index (κ2) is 9.82. The zero-order chi connectivity index (χ0) is 20.8. The number of hydrogen-bond acceptors (Lipinski definition) is 4. The Kier molecular flexibility index (Phi) is 6.71. The first-order chi connectivity index (χ1) is 14.8. The lowest BCUT2D eigenvalue weighted by atomic mass is 10.0. The molecule has 7 heteroatoms. The number of aryl methyl sites for hydroxylation is 2. The molecule has 2 heterocycles. The number of methoxy groups -OCH3 is 1. The van der Waals surface area contributed by atoms with Crippen LogP contribution in [-0.2, 0) is 13.0 Å². The lowest BCUT2D eigenvalue weighted by Gasteiger charge is -2.34. The fraction of sp³-hybridized carbons (Fsp3) is 0.435. The van der Waals surface area contributed by atoms with Crippen molar-refractivity contribution < 1.29 is 14.5 Å². The van der Waals surface area contributed by atoms with Crippen LogP contribution in [0.25, 0.3) is 0 Å². The van der Waals surface area contributed by atoms with E-state index in [2.05, 4.69) is 58.8 Å². The monoisotopic (exact) mass is 408 g/mol. The number of hydrogen-bond donors (Lipinski definition) is 2. The molecule has 158 valence electrons. The molecule has 30 heavy (non-hydrogen) atoms. The number of tetrazole rings is 1. The zero-order valence-corrected chi connectivity index (χ0v) is 17.9. The van der Waals surface area contributed by atoms with E-state index >= 15 is 0 Å². The number of para-hydroxylation sites is 1. The molecule has 0 aliphatic carbocycles. The van der Waals surface area contributed by atoms with Gasteiger partial charge in [0.25, 0.3) is 0 Å². The van der Waals surface area contributed by atoms with Crippen LogP contribution in [0.1, 0.15) is 29.9 Å². The predicted octanol–water partition coefficient (Wildman–Crippen LogP) is -0.183. The van der Waals surface area contributed by atoms with Gasteiger partial charge in [-0.1, -0.05) is 42.5 Å². The molecule has 3 aromatic rings. The van der Waals surface area contributed by atoms with Crippen LogP contribution in [0.4, 0.5) is 0 Å². The van der Waals surface area contributed by atoms with Gasteiger partial charge >= 0.3 is 0 Å². The number of piperazine rings is 1. The molecule has 0 bridgehead atoms. The van der Waals surface area contributed by atoms with Crippen LogP contribution in [0.5, 0.6) is 5.75 Å². The quantitative estimate of drug-likeness (QED) is 0.543. The van der Waals surface area contributed by atoms with E-state index in [0.717, 1.165) is 43.2 Å². The Balaban J connectivity index is 1.64. The van der Waals surface area contributed by atoms with Crippen LogP contribution in [0.2, 0.25) is 0 Å². The van der Waals surface area contributed by atoms with Crippen LogP contribution >= 0.6 is 0 Å².